The number of unbranched alkanes of at least 4 members (excludes halogenated alkanes) is 9. The van der Waals surface area contributed by atoms with Crippen LogP contribution in [0.5, 0.6) is 0 Å². The zero-order valence-electron chi connectivity index (χ0n) is 17.7. The van der Waals surface area contributed by atoms with E-state index < -0.39 is 5.97 Å². The summed E-state index contributed by atoms with van der Waals surface area (Å²) in [7, 11) is 0. The van der Waals surface area contributed by atoms with Crippen LogP contribution in [0.3, 0.4) is 0 Å². The van der Waals surface area contributed by atoms with Gasteiger partial charge in [-0.2, -0.15) is 0 Å². The fourth-order valence-electron chi connectivity index (χ4n) is 3.46. The fraction of sp³-hybridized carbons (Fsp3) is 0.909. The van der Waals surface area contributed by atoms with Crippen LogP contribution in [0, 0.1) is 11.8 Å². The van der Waals surface area contributed by atoms with Crippen LogP contribution >= 0.6 is 0 Å². The van der Waals surface area contributed by atoms with E-state index in [0.29, 0.717) is 32.3 Å². The molecule has 1 aliphatic carbocycles. The highest BCUT2D eigenvalue weighted by Gasteiger charge is 2.30. The Hall–Kier alpha value is -1.14. The summed E-state index contributed by atoms with van der Waals surface area (Å²) in [5, 5.41) is 24.2. The predicted octanol–water partition coefficient (Wildman–Crippen LogP) is 4.31. The molecule has 3 N–H and O–H groups in total. The standard InChI is InChI=1S/C20H36O4.C2H6O2/c1-2-3-4-5-6-7-8-9-10-11-16-24-20(23)18-14-12-17(13-15-18)19(21)22;3-1-2-4/h17-18H,2-16H2,1H3,(H,21,22);3-4H,1-2H2. The minimum atomic E-state index is -0.729. The summed E-state index contributed by atoms with van der Waals surface area (Å²) in [5.74, 6) is -1.19. The van der Waals surface area contributed by atoms with Crippen LogP contribution in [0.25, 0.3) is 0 Å². The van der Waals surface area contributed by atoms with Gasteiger partial charge < -0.3 is 20.1 Å². The molecule has 0 aromatic heterocycles. The van der Waals surface area contributed by atoms with E-state index in [1.165, 1.54) is 51.4 Å². The van der Waals surface area contributed by atoms with E-state index in [9.17, 15) is 9.59 Å². The molecule has 6 nitrogen and oxygen atoms in total. The first-order valence-corrected chi connectivity index (χ1v) is 11.2. The largest absolute Gasteiger partial charge is 0.481 e. The molecule has 1 fully saturated rings. The third kappa shape index (κ3) is 14.9. The molecule has 0 heterocycles. The molecule has 1 rings (SSSR count). The first kappa shape index (κ1) is 26.9. The summed E-state index contributed by atoms with van der Waals surface area (Å²) in [4.78, 5) is 22.9. The highest BCUT2D eigenvalue weighted by Crippen LogP contribution is 2.29. The molecule has 0 radical (unpaired) electrons. The minimum absolute atomic E-state index is 0.0799. The molecule has 0 aliphatic heterocycles. The number of hydrogen-bond donors (Lipinski definition) is 3. The second-order valence-electron chi connectivity index (χ2n) is 7.68. The van der Waals surface area contributed by atoms with E-state index in [1.54, 1.807) is 0 Å². The Morgan fingerprint density at radius 2 is 1.18 bits per heavy atom. The first-order valence-electron chi connectivity index (χ1n) is 11.2. The van der Waals surface area contributed by atoms with Gasteiger partial charge in [-0.25, -0.2) is 0 Å². The minimum Gasteiger partial charge on any atom is -0.481 e. The second kappa shape index (κ2) is 19.2. The van der Waals surface area contributed by atoms with Crippen molar-refractivity contribution in [1.82, 2.24) is 0 Å². The quantitative estimate of drug-likeness (QED) is 0.295. The lowest BCUT2D eigenvalue weighted by atomic mass is 9.82. The van der Waals surface area contributed by atoms with E-state index in [0.717, 1.165) is 12.8 Å². The van der Waals surface area contributed by atoms with Gasteiger partial charge in [0.05, 0.1) is 31.7 Å². The Labute approximate surface area is 170 Å². The smallest absolute Gasteiger partial charge is 0.308 e. The van der Waals surface area contributed by atoms with E-state index >= 15 is 0 Å². The molecule has 1 saturated carbocycles. The van der Waals surface area contributed by atoms with Gasteiger partial charge in [0.1, 0.15) is 0 Å². The lowest BCUT2D eigenvalue weighted by molar-refractivity contribution is -0.152. The maximum absolute atomic E-state index is 12.0. The van der Waals surface area contributed by atoms with Crippen molar-refractivity contribution < 1.29 is 29.6 Å². The monoisotopic (exact) mass is 402 g/mol. The number of aliphatic hydroxyl groups excluding tert-OH is 2. The highest BCUT2D eigenvalue weighted by atomic mass is 16.5. The van der Waals surface area contributed by atoms with Gasteiger partial charge in [-0.15, -0.1) is 0 Å². The normalized spacial score (nSPS) is 18.8. The third-order valence-electron chi connectivity index (χ3n) is 5.25. The molecule has 0 bridgehead atoms. The Kier molecular flexibility index (Phi) is 18.4. The summed E-state index contributed by atoms with van der Waals surface area (Å²) in [6.45, 7) is 2.52. The molecule has 0 atom stereocenters. The Morgan fingerprint density at radius 3 is 1.61 bits per heavy atom. The van der Waals surface area contributed by atoms with Crippen molar-refractivity contribution in [3.8, 4) is 0 Å². The number of aliphatic carboxylic acids is 1. The zero-order valence-corrected chi connectivity index (χ0v) is 17.7. The van der Waals surface area contributed by atoms with Crippen molar-refractivity contribution in [2.75, 3.05) is 19.8 Å². The van der Waals surface area contributed by atoms with Gasteiger partial charge in [0.2, 0.25) is 0 Å². The molecule has 0 aromatic rings. The molecule has 28 heavy (non-hydrogen) atoms. The number of carboxylic acid groups (broad SMARTS) is 1. The average molecular weight is 403 g/mol. The number of rotatable bonds is 14. The SMILES string of the molecule is CCCCCCCCCCCCOC(=O)C1CCC(C(=O)O)CC1.OCCO. The predicted molar refractivity (Wildman–Crippen MR) is 110 cm³/mol. The maximum atomic E-state index is 12.0. The Balaban J connectivity index is 0.00000165. The van der Waals surface area contributed by atoms with Gasteiger partial charge in [-0.3, -0.25) is 9.59 Å². The van der Waals surface area contributed by atoms with Crippen molar-refractivity contribution in [2.24, 2.45) is 11.8 Å². The highest BCUT2D eigenvalue weighted by molar-refractivity contribution is 5.74. The van der Waals surface area contributed by atoms with Crippen molar-refractivity contribution in [1.29, 1.82) is 0 Å². The van der Waals surface area contributed by atoms with Gasteiger partial charge in [-0.05, 0) is 32.1 Å². The van der Waals surface area contributed by atoms with Gasteiger partial charge >= 0.3 is 11.9 Å². The Morgan fingerprint density at radius 1 is 0.750 bits per heavy atom. The number of carbonyl (C=O) groups excluding carboxylic acids is 1. The summed E-state index contributed by atoms with van der Waals surface area (Å²) >= 11 is 0. The number of carbonyl (C=O) groups is 2. The molecule has 0 aromatic carbocycles. The van der Waals surface area contributed by atoms with Gasteiger partial charge in [-0.1, -0.05) is 64.7 Å². The summed E-state index contributed by atoms with van der Waals surface area (Å²) in [6.07, 6.45) is 15.2. The van der Waals surface area contributed by atoms with Crippen molar-refractivity contribution in [3.05, 3.63) is 0 Å². The average Bonchev–Trinajstić information content (AvgIpc) is 2.72. The molecule has 0 unspecified atom stereocenters. The number of ether oxygens (including phenoxy) is 1. The van der Waals surface area contributed by atoms with E-state index in [4.69, 9.17) is 20.1 Å². The number of hydrogen-bond acceptors (Lipinski definition) is 5. The molecule has 6 heteroatoms. The number of aliphatic hydroxyl groups is 2. The molecule has 0 spiro atoms. The van der Waals surface area contributed by atoms with Crippen LogP contribution in [-0.2, 0) is 14.3 Å². The van der Waals surface area contributed by atoms with Gasteiger partial charge in [0.25, 0.3) is 0 Å². The van der Waals surface area contributed by atoms with Crippen LogP contribution in [-0.4, -0.2) is 47.1 Å². The van der Waals surface area contributed by atoms with Crippen LogP contribution < -0.4 is 0 Å². The van der Waals surface area contributed by atoms with Crippen LogP contribution in [0.1, 0.15) is 96.8 Å². The molecule has 1 aliphatic rings. The van der Waals surface area contributed by atoms with Crippen molar-refractivity contribution >= 4 is 11.9 Å². The second-order valence-corrected chi connectivity index (χ2v) is 7.68. The summed E-state index contributed by atoms with van der Waals surface area (Å²) in [6, 6.07) is 0. The fourth-order valence-corrected chi connectivity index (χ4v) is 3.46. The van der Waals surface area contributed by atoms with E-state index in [1.807, 2.05) is 0 Å². The molecular formula is C22H42O6. The summed E-state index contributed by atoms with van der Waals surface area (Å²) in [5.41, 5.74) is 0. The molecule has 0 saturated heterocycles. The zero-order chi connectivity index (χ0) is 21.0. The lowest BCUT2D eigenvalue weighted by Gasteiger charge is -2.24. The van der Waals surface area contributed by atoms with Gasteiger partial charge in [0.15, 0.2) is 0 Å². The van der Waals surface area contributed by atoms with Crippen LogP contribution in [0.15, 0.2) is 0 Å². The molecule has 166 valence electrons. The number of esters is 1. The van der Waals surface area contributed by atoms with Crippen molar-refractivity contribution in [2.45, 2.75) is 96.8 Å². The van der Waals surface area contributed by atoms with Crippen LogP contribution in [0.2, 0.25) is 0 Å². The van der Waals surface area contributed by atoms with Gasteiger partial charge in [0, 0.05) is 0 Å². The third-order valence-corrected chi connectivity index (χ3v) is 5.25. The van der Waals surface area contributed by atoms with E-state index in [2.05, 4.69) is 6.92 Å². The number of carboxylic acids is 1. The van der Waals surface area contributed by atoms with Crippen LogP contribution in [0.4, 0.5) is 0 Å². The lowest BCUT2D eigenvalue weighted by Crippen LogP contribution is -2.27. The van der Waals surface area contributed by atoms with Crippen molar-refractivity contribution in [3.63, 3.8) is 0 Å². The van der Waals surface area contributed by atoms with E-state index in [-0.39, 0.29) is 31.0 Å². The Bertz CT molecular complexity index is 375. The molecule has 0 amide bonds. The molecular weight excluding hydrogens is 360 g/mol. The topological polar surface area (TPSA) is 104 Å². The maximum Gasteiger partial charge on any atom is 0.308 e. The first-order chi connectivity index (χ1) is 13.6. The summed E-state index contributed by atoms with van der Waals surface area (Å²) < 4.78 is 5.36.